The fourth-order valence-electron chi connectivity index (χ4n) is 4.14. The van der Waals surface area contributed by atoms with Crippen molar-refractivity contribution in [3.63, 3.8) is 0 Å². The van der Waals surface area contributed by atoms with Crippen LogP contribution >= 0.6 is 0 Å². The Morgan fingerprint density at radius 1 is 1.00 bits per heavy atom. The molecule has 0 aromatic heterocycles. The van der Waals surface area contributed by atoms with E-state index in [1.54, 1.807) is 36.4 Å². The Hall–Kier alpha value is -4.73. The molecule has 0 saturated carbocycles. The predicted octanol–water partition coefficient (Wildman–Crippen LogP) is 3.43. The van der Waals surface area contributed by atoms with E-state index in [-0.39, 0.29) is 12.1 Å². The van der Waals surface area contributed by atoms with Crippen LogP contribution in [0.25, 0.3) is 0 Å². The van der Waals surface area contributed by atoms with Crippen molar-refractivity contribution in [3.05, 3.63) is 83.7 Å². The van der Waals surface area contributed by atoms with E-state index in [0.717, 1.165) is 4.90 Å². The van der Waals surface area contributed by atoms with Crippen molar-refractivity contribution >= 4 is 34.9 Å². The van der Waals surface area contributed by atoms with Crippen LogP contribution in [0.4, 0.5) is 15.8 Å². The van der Waals surface area contributed by atoms with Gasteiger partial charge in [-0.1, -0.05) is 24.3 Å². The van der Waals surface area contributed by atoms with E-state index >= 15 is 0 Å². The number of amides is 3. The molecule has 4 rings (SSSR count). The normalized spacial score (nSPS) is 13.1. The van der Waals surface area contributed by atoms with E-state index in [2.05, 4.69) is 5.32 Å². The fourth-order valence-corrected chi connectivity index (χ4v) is 4.14. The maximum absolute atomic E-state index is 13.6. The number of methoxy groups -OCH3 is 2. The predicted molar refractivity (Wildman–Crippen MR) is 138 cm³/mol. The molecule has 1 N–H and O–H groups in total. The Kier molecular flexibility index (Phi) is 7.71. The van der Waals surface area contributed by atoms with Gasteiger partial charge in [-0.25, -0.2) is 4.39 Å². The molecule has 9 nitrogen and oxygen atoms in total. The highest BCUT2D eigenvalue weighted by Gasteiger charge is 2.38. The number of ether oxygens (including phenoxy) is 2. The third-order valence-corrected chi connectivity index (χ3v) is 6.27. The molecule has 1 heterocycles. The number of carbonyl (C=O) groups excluding carboxylic acids is 4. The van der Waals surface area contributed by atoms with Crippen LogP contribution in [0, 0.1) is 5.82 Å². The number of halogens is 1. The van der Waals surface area contributed by atoms with Crippen molar-refractivity contribution in [2.24, 2.45) is 0 Å². The molecule has 3 aromatic rings. The zero-order chi connectivity index (χ0) is 27.4. The molecule has 0 saturated heterocycles. The van der Waals surface area contributed by atoms with Gasteiger partial charge in [0.2, 0.25) is 11.8 Å². The van der Waals surface area contributed by atoms with Crippen molar-refractivity contribution in [1.29, 1.82) is 0 Å². The van der Waals surface area contributed by atoms with E-state index in [1.807, 2.05) is 0 Å². The highest BCUT2D eigenvalue weighted by atomic mass is 19.1. The number of nitrogens with one attached hydrogen (secondary N) is 1. The summed E-state index contributed by atoms with van der Waals surface area (Å²) < 4.78 is 24.0. The minimum atomic E-state index is -1.01. The monoisotopic (exact) mass is 519 g/mol. The van der Waals surface area contributed by atoms with Crippen LogP contribution in [0.15, 0.2) is 66.7 Å². The zero-order valence-corrected chi connectivity index (χ0v) is 21.1. The summed E-state index contributed by atoms with van der Waals surface area (Å²) in [4.78, 5) is 54.3. The van der Waals surface area contributed by atoms with Gasteiger partial charge in [-0.3, -0.25) is 24.1 Å². The SMILES string of the molecule is COc1ccc(NC(=O)C(C)N(Cc2ccc(F)cc2)C(=O)CN2C(=O)C(=O)c3ccccc32)c(OC)c1. The van der Waals surface area contributed by atoms with Gasteiger partial charge in [-0.05, 0) is 48.9 Å². The maximum Gasteiger partial charge on any atom is 0.299 e. The Balaban J connectivity index is 1.60. The summed E-state index contributed by atoms with van der Waals surface area (Å²) in [5.41, 5.74) is 1.49. The molecule has 0 bridgehead atoms. The van der Waals surface area contributed by atoms with Crippen molar-refractivity contribution in [1.82, 2.24) is 4.90 Å². The molecule has 196 valence electrons. The molecule has 0 aliphatic carbocycles. The number of nitrogens with zero attached hydrogens (tertiary/aromatic N) is 2. The highest BCUT2D eigenvalue weighted by molar-refractivity contribution is 6.52. The molecule has 1 aliphatic heterocycles. The minimum Gasteiger partial charge on any atom is -0.497 e. The van der Waals surface area contributed by atoms with Crippen molar-refractivity contribution in [2.45, 2.75) is 19.5 Å². The number of para-hydroxylation sites is 1. The number of carbonyl (C=O) groups is 4. The first-order valence-corrected chi connectivity index (χ1v) is 11.8. The number of hydrogen-bond donors (Lipinski definition) is 1. The summed E-state index contributed by atoms with van der Waals surface area (Å²) >= 11 is 0. The van der Waals surface area contributed by atoms with Gasteiger partial charge in [0, 0.05) is 12.6 Å². The summed E-state index contributed by atoms with van der Waals surface area (Å²) in [6.07, 6.45) is 0. The number of Topliss-reactive ketones (excluding diaryl/α,β-unsaturated/α-hetero) is 1. The molecule has 10 heteroatoms. The lowest BCUT2D eigenvalue weighted by Crippen LogP contribution is -2.49. The minimum absolute atomic E-state index is 0.0366. The Labute approximate surface area is 218 Å². The smallest absolute Gasteiger partial charge is 0.299 e. The lowest BCUT2D eigenvalue weighted by atomic mass is 10.1. The van der Waals surface area contributed by atoms with Crippen LogP contribution < -0.4 is 19.7 Å². The molecule has 3 amide bonds. The lowest BCUT2D eigenvalue weighted by molar-refractivity contribution is -0.138. The van der Waals surface area contributed by atoms with Gasteiger partial charge < -0.3 is 19.7 Å². The molecule has 0 spiro atoms. The molecule has 3 aromatic carbocycles. The first kappa shape index (κ1) is 26.3. The van der Waals surface area contributed by atoms with Gasteiger partial charge in [0.25, 0.3) is 11.7 Å². The highest BCUT2D eigenvalue weighted by Crippen LogP contribution is 2.30. The van der Waals surface area contributed by atoms with Gasteiger partial charge in [0.05, 0.1) is 31.2 Å². The van der Waals surface area contributed by atoms with Crippen LogP contribution in [0.2, 0.25) is 0 Å². The molecule has 0 radical (unpaired) electrons. The van der Waals surface area contributed by atoms with E-state index in [9.17, 15) is 23.6 Å². The van der Waals surface area contributed by atoms with Gasteiger partial charge >= 0.3 is 0 Å². The number of benzene rings is 3. The lowest BCUT2D eigenvalue weighted by Gasteiger charge is -2.30. The number of hydrogen-bond acceptors (Lipinski definition) is 6. The summed E-state index contributed by atoms with van der Waals surface area (Å²) in [5, 5.41) is 2.76. The van der Waals surface area contributed by atoms with Crippen molar-refractivity contribution in [2.75, 3.05) is 31.0 Å². The zero-order valence-electron chi connectivity index (χ0n) is 21.1. The summed E-state index contributed by atoms with van der Waals surface area (Å²) in [7, 11) is 2.95. The molecule has 38 heavy (non-hydrogen) atoms. The Bertz CT molecular complexity index is 1390. The van der Waals surface area contributed by atoms with Gasteiger partial charge in [0.15, 0.2) is 0 Å². The fraction of sp³-hybridized carbons (Fsp3) is 0.214. The van der Waals surface area contributed by atoms with E-state index in [4.69, 9.17) is 9.47 Å². The van der Waals surface area contributed by atoms with Crippen LogP contribution in [0.1, 0.15) is 22.8 Å². The number of anilines is 2. The van der Waals surface area contributed by atoms with E-state index < -0.39 is 41.9 Å². The standard InChI is InChI=1S/C28H26FN3O6/c1-17(27(35)30-22-13-12-20(37-2)14-24(22)38-3)31(15-18-8-10-19(29)11-9-18)25(33)16-32-23-7-5-4-6-21(23)26(34)28(32)36/h4-14,17H,15-16H2,1-3H3,(H,30,35). The van der Waals surface area contributed by atoms with Crippen LogP contribution in [-0.4, -0.2) is 55.2 Å². The molecule has 1 atom stereocenters. The second-order valence-corrected chi connectivity index (χ2v) is 8.62. The first-order chi connectivity index (χ1) is 18.2. The van der Waals surface area contributed by atoms with E-state index in [1.165, 1.54) is 56.4 Å². The maximum atomic E-state index is 13.6. The van der Waals surface area contributed by atoms with E-state index in [0.29, 0.717) is 28.4 Å². The molecular weight excluding hydrogens is 493 g/mol. The van der Waals surface area contributed by atoms with Gasteiger partial charge in [-0.15, -0.1) is 0 Å². The third kappa shape index (κ3) is 5.34. The molecule has 1 aliphatic rings. The van der Waals surface area contributed by atoms with Crippen LogP contribution in [0.3, 0.4) is 0 Å². The molecule has 1 unspecified atom stereocenters. The van der Waals surface area contributed by atoms with Crippen LogP contribution in [0.5, 0.6) is 11.5 Å². The second kappa shape index (κ2) is 11.1. The van der Waals surface area contributed by atoms with Crippen molar-refractivity contribution in [3.8, 4) is 11.5 Å². The quantitative estimate of drug-likeness (QED) is 0.435. The number of ketones is 1. The summed E-state index contributed by atoms with van der Waals surface area (Å²) in [6.45, 7) is 1.05. The topological polar surface area (TPSA) is 105 Å². The number of fused-ring (bicyclic) bond motifs is 1. The average Bonchev–Trinajstić information content (AvgIpc) is 3.17. The van der Waals surface area contributed by atoms with Gasteiger partial charge in [-0.2, -0.15) is 0 Å². The Morgan fingerprint density at radius 2 is 1.71 bits per heavy atom. The number of rotatable bonds is 9. The average molecular weight is 520 g/mol. The Morgan fingerprint density at radius 3 is 2.39 bits per heavy atom. The van der Waals surface area contributed by atoms with Crippen molar-refractivity contribution < 1.29 is 33.0 Å². The first-order valence-electron chi connectivity index (χ1n) is 11.8. The molecule has 0 fully saturated rings. The summed E-state index contributed by atoms with van der Waals surface area (Å²) in [6, 6.07) is 15.8. The summed E-state index contributed by atoms with van der Waals surface area (Å²) in [5.74, 6) is -2.16. The third-order valence-electron chi connectivity index (χ3n) is 6.27. The largest absolute Gasteiger partial charge is 0.497 e. The second-order valence-electron chi connectivity index (χ2n) is 8.62. The van der Waals surface area contributed by atoms with Crippen LogP contribution in [-0.2, 0) is 20.9 Å². The molecular formula is C28H26FN3O6. The van der Waals surface area contributed by atoms with Gasteiger partial charge in [0.1, 0.15) is 29.9 Å².